The maximum Gasteiger partial charge on any atom is 0.312 e. The minimum atomic E-state index is -0.824. The van der Waals surface area contributed by atoms with E-state index >= 15 is 0 Å². The third-order valence-corrected chi connectivity index (χ3v) is 7.09. The first kappa shape index (κ1) is 22.6. The minimum Gasteiger partial charge on any atom is -0.487 e. The molecule has 0 amide bonds. The summed E-state index contributed by atoms with van der Waals surface area (Å²) in [7, 11) is 0. The number of aliphatic carboxylic acids is 1. The highest BCUT2D eigenvalue weighted by molar-refractivity contribution is 6.30. The molecule has 1 N–H and O–H groups in total. The van der Waals surface area contributed by atoms with Crippen LogP contribution in [0.25, 0.3) is 21.8 Å². The fourth-order valence-electron chi connectivity index (χ4n) is 5.14. The number of aryl methyl sites for hydroxylation is 1. The van der Waals surface area contributed by atoms with E-state index in [1.54, 1.807) is 0 Å². The predicted octanol–water partition coefficient (Wildman–Crippen LogP) is 6.79. The molecule has 6 rings (SSSR count). The molecular weight excluding hydrogens is 472 g/mol. The SMILES string of the molecule is O=C(O)C1[CH]CCc2c1n(Cc1ccc(Cl)cc1)c1ccc(OCc3ccc4ccccc4n3)cc21. The van der Waals surface area contributed by atoms with Crippen molar-refractivity contribution in [1.29, 1.82) is 0 Å². The summed E-state index contributed by atoms with van der Waals surface area (Å²) >= 11 is 6.08. The zero-order valence-corrected chi connectivity index (χ0v) is 20.3. The summed E-state index contributed by atoms with van der Waals surface area (Å²) in [6, 6.07) is 25.8. The van der Waals surface area contributed by atoms with E-state index in [2.05, 4.69) is 10.6 Å². The van der Waals surface area contributed by atoms with Crippen molar-refractivity contribution in [2.24, 2.45) is 0 Å². The summed E-state index contributed by atoms with van der Waals surface area (Å²) in [6.45, 7) is 0.928. The monoisotopic (exact) mass is 495 g/mol. The number of carboxylic acid groups (broad SMARTS) is 1. The van der Waals surface area contributed by atoms with E-state index in [0.29, 0.717) is 18.2 Å². The van der Waals surface area contributed by atoms with Gasteiger partial charge in [0.15, 0.2) is 0 Å². The lowest BCUT2D eigenvalue weighted by Gasteiger charge is -2.22. The normalized spacial score (nSPS) is 15.2. The fraction of sp³-hybridized carbons (Fsp3) is 0.167. The Kier molecular flexibility index (Phi) is 5.86. The van der Waals surface area contributed by atoms with Crippen LogP contribution < -0.4 is 4.74 Å². The highest BCUT2D eigenvalue weighted by Crippen LogP contribution is 2.40. The van der Waals surface area contributed by atoms with Gasteiger partial charge in [0, 0.05) is 33.6 Å². The number of para-hydroxylation sites is 1. The second-order valence-electron chi connectivity index (χ2n) is 9.13. The summed E-state index contributed by atoms with van der Waals surface area (Å²) in [5, 5.41) is 12.8. The van der Waals surface area contributed by atoms with Crippen LogP contribution >= 0.6 is 11.6 Å². The van der Waals surface area contributed by atoms with Crippen molar-refractivity contribution in [3.63, 3.8) is 0 Å². The van der Waals surface area contributed by atoms with Gasteiger partial charge in [-0.1, -0.05) is 48.0 Å². The van der Waals surface area contributed by atoms with Gasteiger partial charge in [0.05, 0.1) is 11.2 Å². The van der Waals surface area contributed by atoms with Crippen molar-refractivity contribution in [2.75, 3.05) is 0 Å². The molecule has 1 radical (unpaired) electrons. The highest BCUT2D eigenvalue weighted by atomic mass is 35.5. The Morgan fingerprint density at radius 3 is 2.72 bits per heavy atom. The smallest absolute Gasteiger partial charge is 0.312 e. The standard InChI is InChI=1S/C30H24ClN2O3/c31-21-11-8-19(9-12-21)17-33-28-15-14-23(16-26(28)24-5-3-6-25(29(24)33)30(34)35)36-18-22-13-10-20-4-1-2-7-27(20)32-22/h1-2,4,6-16,25H,3,5,17-18H2,(H,34,35). The molecule has 0 spiro atoms. The van der Waals surface area contributed by atoms with Gasteiger partial charge in [0.25, 0.3) is 0 Å². The van der Waals surface area contributed by atoms with E-state index in [9.17, 15) is 9.90 Å². The van der Waals surface area contributed by atoms with Crippen LogP contribution in [-0.4, -0.2) is 20.6 Å². The molecular formula is C30H24ClN2O3. The molecule has 0 aliphatic heterocycles. The number of hydrogen-bond acceptors (Lipinski definition) is 3. The molecule has 0 saturated heterocycles. The van der Waals surface area contributed by atoms with Gasteiger partial charge in [-0.15, -0.1) is 0 Å². The molecule has 1 atom stereocenters. The zero-order valence-electron chi connectivity index (χ0n) is 19.5. The first-order chi connectivity index (χ1) is 17.6. The van der Waals surface area contributed by atoms with Gasteiger partial charge in [-0.3, -0.25) is 4.79 Å². The number of fused-ring (bicyclic) bond motifs is 4. The first-order valence-electron chi connectivity index (χ1n) is 12.0. The lowest BCUT2D eigenvalue weighted by atomic mass is 9.86. The van der Waals surface area contributed by atoms with Crippen LogP contribution in [0.4, 0.5) is 0 Å². The van der Waals surface area contributed by atoms with Crippen molar-refractivity contribution >= 4 is 39.4 Å². The number of carboxylic acids is 1. The lowest BCUT2D eigenvalue weighted by Crippen LogP contribution is -2.22. The van der Waals surface area contributed by atoms with E-state index in [1.807, 2.05) is 79.2 Å². The number of aromatic nitrogens is 2. The van der Waals surface area contributed by atoms with E-state index < -0.39 is 11.9 Å². The molecule has 3 aromatic carbocycles. The summed E-state index contributed by atoms with van der Waals surface area (Å²) in [6.07, 6.45) is 3.44. The summed E-state index contributed by atoms with van der Waals surface area (Å²) in [5.74, 6) is -0.722. The third-order valence-electron chi connectivity index (χ3n) is 6.84. The van der Waals surface area contributed by atoms with Crippen molar-refractivity contribution in [3.8, 4) is 5.75 Å². The Morgan fingerprint density at radius 2 is 1.89 bits per heavy atom. The van der Waals surface area contributed by atoms with E-state index in [4.69, 9.17) is 21.3 Å². The minimum absolute atomic E-state index is 0.357. The van der Waals surface area contributed by atoms with Crippen LogP contribution in [0.15, 0.2) is 78.9 Å². The largest absolute Gasteiger partial charge is 0.487 e. The molecule has 1 unspecified atom stereocenters. The van der Waals surface area contributed by atoms with Crippen LogP contribution in [0.1, 0.15) is 34.9 Å². The van der Waals surface area contributed by atoms with Crippen LogP contribution in [0.5, 0.6) is 5.75 Å². The molecule has 5 aromatic rings. The quantitative estimate of drug-likeness (QED) is 0.281. The van der Waals surface area contributed by atoms with E-state index in [-0.39, 0.29) is 0 Å². The van der Waals surface area contributed by atoms with Crippen molar-refractivity contribution < 1.29 is 14.6 Å². The number of halogens is 1. The molecule has 1 aliphatic rings. The Hall–Kier alpha value is -3.83. The summed E-state index contributed by atoms with van der Waals surface area (Å²) in [4.78, 5) is 16.9. The average Bonchev–Trinajstić information content (AvgIpc) is 3.21. The van der Waals surface area contributed by atoms with Crippen molar-refractivity contribution in [1.82, 2.24) is 9.55 Å². The van der Waals surface area contributed by atoms with Crippen LogP contribution in [0, 0.1) is 6.42 Å². The number of ether oxygens (including phenoxy) is 1. The number of benzene rings is 3. The first-order valence-corrected chi connectivity index (χ1v) is 12.4. The highest BCUT2D eigenvalue weighted by Gasteiger charge is 2.32. The number of nitrogens with zero attached hydrogens (tertiary/aromatic N) is 2. The Bertz CT molecular complexity index is 1590. The van der Waals surface area contributed by atoms with Crippen LogP contribution in [0.2, 0.25) is 5.02 Å². The predicted molar refractivity (Wildman–Crippen MR) is 142 cm³/mol. The van der Waals surface area contributed by atoms with Crippen molar-refractivity contribution in [3.05, 3.63) is 113 Å². The third kappa shape index (κ3) is 4.20. The van der Waals surface area contributed by atoms with Gasteiger partial charge in [0.2, 0.25) is 0 Å². The molecule has 179 valence electrons. The van der Waals surface area contributed by atoms with Gasteiger partial charge in [0.1, 0.15) is 18.3 Å². The lowest BCUT2D eigenvalue weighted by molar-refractivity contribution is -0.138. The summed E-state index contributed by atoms with van der Waals surface area (Å²) < 4.78 is 8.28. The number of carbonyl (C=O) groups is 1. The maximum atomic E-state index is 12.2. The zero-order chi connectivity index (χ0) is 24.6. The topological polar surface area (TPSA) is 64.3 Å². The second-order valence-corrected chi connectivity index (χ2v) is 9.57. The Balaban J connectivity index is 1.36. The average molecular weight is 496 g/mol. The van der Waals surface area contributed by atoms with Gasteiger partial charge < -0.3 is 14.4 Å². The molecule has 2 heterocycles. The number of hydrogen-bond donors (Lipinski definition) is 1. The Labute approximate surface area is 213 Å². The molecule has 0 fully saturated rings. The van der Waals surface area contributed by atoms with Gasteiger partial charge in [-0.25, -0.2) is 4.98 Å². The van der Waals surface area contributed by atoms with Gasteiger partial charge in [-0.05, 0) is 72.9 Å². The molecule has 6 heteroatoms. The van der Waals surface area contributed by atoms with E-state index in [0.717, 1.165) is 62.9 Å². The Morgan fingerprint density at radius 1 is 1.06 bits per heavy atom. The van der Waals surface area contributed by atoms with E-state index in [1.165, 1.54) is 0 Å². The molecule has 0 saturated carbocycles. The molecule has 36 heavy (non-hydrogen) atoms. The maximum absolute atomic E-state index is 12.2. The van der Waals surface area contributed by atoms with Crippen LogP contribution in [0.3, 0.4) is 0 Å². The molecule has 0 bridgehead atoms. The second kappa shape index (κ2) is 9.32. The number of pyridine rings is 1. The molecule has 1 aliphatic carbocycles. The van der Waals surface area contributed by atoms with Gasteiger partial charge >= 0.3 is 5.97 Å². The van der Waals surface area contributed by atoms with Crippen molar-refractivity contribution in [2.45, 2.75) is 31.9 Å². The fourth-order valence-corrected chi connectivity index (χ4v) is 5.27. The van der Waals surface area contributed by atoms with Crippen LogP contribution in [-0.2, 0) is 24.4 Å². The van der Waals surface area contributed by atoms with Gasteiger partial charge in [-0.2, -0.15) is 0 Å². The molecule has 2 aromatic heterocycles. The summed E-state index contributed by atoms with van der Waals surface area (Å²) in [5.41, 5.74) is 5.81. The number of rotatable bonds is 6. The molecule has 5 nitrogen and oxygen atoms in total.